The van der Waals surface area contributed by atoms with E-state index in [1.54, 1.807) is 0 Å². The second kappa shape index (κ2) is 5.55. The Balaban J connectivity index is 1.88. The van der Waals surface area contributed by atoms with Crippen LogP contribution in [0.25, 0.3) is 0 Å². The van der Waals surface area contributed by atoms with Gasteiger partial charge in [0.1, 0.15) is 0 Å². The standard InChI is InChI=1S/C16H23BrN2/c1-19-10-6-14(7-11-19)16(8-9-18-12-16)13-2-4-15(17)5-3-13/h2-5,14,18H,6-12H2,1H3. The second-order valence-electron chi connectivity index (χ2n) is 6.17. The Morgan fingerprint density at radius 2 is 1.89 bits per heavy atom. The number of halogens is 1. The number of likely N-dealkylation sites (tertiary alicyclic amines) is 1. The molecule has 0 bridgehead atoms. The first-order valence-corrected chi connectivity index (χ1v) is 8.15. The van der Waals surface area contributed by atoms with Crippen LogP contribution in [0.2, 0.25) is 0 Å². The summed E-state index contributed by atoms with van der Waals surface area (Å²) in [6, 6.07) is 9.06. The van der Waals surface area contributed by atoms with Crippen molar-refractivity contribution in [1.82, 2.24) is 10.2 Å². The summed E-state index contributed by atoms with van der Waals surface area (Å²) < 4.78 is 1.18. The van der Waals surface area contributed by atoms with E-state index in [0.717, 1.165) is 12.5 Å². The molecule has 2 heterocycles. The summed E-state index contributed by atoms with van der Waals surface area (Å²) in [6.07, 6.45) is 3.98. The Labute approximate surface area is 124 Å². The van der Waals surface area contributed by atoms with Crippen molar-refractivity contribution in [2.45, 2.75) is 24.7 Å². The SMILES string of the molecule is CN1CCC(C2(c3ccc(Br)cc3)CCNC2)CC1. The predicted octanol–water partition coefficient (Wildman–Crippen LogP) is 3.02. The van der Waals surface area contributed by atoms with Crippen LogP contribution in [0.15, 0.2) is 28.7 Å². The number of benzene rings is 1. The minimum absolute atomic E-state index is 0.377. The summed E-state index contributed by atoms with van der Waals surface area (Å²) >= 11 is 3.55. The van der Waals surface area contributed by atoms with Gasteiger partial charge in [-0.1, -0.05) is 28.1 Å². The van der Waals surface area contributed by atoms with Crippen molar-refractivity contribution >= 4 is 15.9 Å². The van der Waals surface area contributed by atoms with Crippen LogP contribution in [0.5, 0.6) is 0 Å². The molecular formula is C16H23BrN2. The third-order valence-electron chi connectivity index (χ3n) is 5.11. The maximum Gasteiger partial charge on any atom is 0.0175 e. The van der Waals surface area contributed by atoms with Crippen molar-refractivity contribution < 1.29 is 0 Å². The molecule has 2 fully saturated rings. The predicted molar refractivity (Wildman–Crippen MR) is 83.5 cm³/mol. The molecular weight excluding hydrogens is 300 g/mol. The zero-order valence-electron chi connectivity index (χ0n) is 11.7. The van der Waals surface area contributed by atoms with Gasteiger partial charge in [0, 0.05) is 16.4 Å². The number of nitrogens with one attached hydrogen (secondary N) is 1. The van der Waals surface area contributed by atoms with Crippen LogP contribution in [-0.2, 0) is 5.41 Å². The van der Waals surface area contributed by atoms with Crippen LogP contribution in [-0.4, -0.2) is 38.1 Å². The second-order valence-corrected chi connectivity index (χ2v) is 7.08. The lowest BCUT2D eigenvalue weighted by Crippen LogP contribution is -2.43. The molecule has 2 aliphatic rings. The van der Waals surface area contributed by atoms with Gasteiger partial charge in [0.2, 0.25) is 0 Å². The number of rotatable bonds is 2. The molecule has 1 aromatic carbocycles. The molecule has 0 spiro atoms. The van der Waals surface area contributed by atoms with Gasteiger partial charge < -0.3 is 10.2 Å². The molecule has 19 heavy (non-hydrogen) atoms. The van der Waals surface area contributed by atoms with E-state index in [2.05, 4.69) is 57.5 Å². The van der Waals surface area contributed by atoms with Gasteiger partial charge in [-0.15, -0.1) is 0 Å². The molecule has 2 saturated heterocycles. The van der Waals surface area contributed by atoms with Gasteiger partial charge >= 0.3 is 0 Å². The Morgan fingerprint density at radius 3 is 2.47 bits per heavy atom. The molecule has 3 heteroatoms. The van der Waals surface area contributed by atoms with E-state index in [9.17, 15) is 0 Å². The van der Waals surface area contributed by atoms with Gasteiger partial charge in [0.05, 0.1) is 0 Å². The van der Waals surface area contributed by atoms with Crippen LogP contribution < -0.4 is 5.32 Å². The van der Waals surface area contributed by atoms with E-state index < -0.39 is 0 Å². The van der Waals surface area contributed by atoms with Crippen molar-refractivity contribution in [1.29, 1.82) is 0 Å². The monoisotopic (exact) mass is 322 g/mol. The molecule has 2 nitrogen and oxygen atoms in total. The van der Waals surface area contributed by atoms with Crippen molar-refractivity contribution in [3.8, 4) is 0 Å². The average Bonchev–Trinajstić information content (AvgIpc) is 2.91. The molecule has 104 valence electrons. The summed E-state index contributed by atoms with van der Waals surface area (Å²) in [6.45, 7) is 4.83. The van der Waals surface area contributed by atoms with E-state index in [0.29, 0.717) is 5.41 Å². The van der Waals surface area contributed by atoms with E-state index in [1.165, 1.54) is 48.9 Å². The lowest BCUT2D eigenvalue weighted by molar-refractivity contribution is 0.153. The average molecular weight is 323 g/mol. The van der Waals surface area contributed by atoms with E-state index in [4.69, 9.17) is 0 Å². The van der Waals surface area contributed by atoms with Crippen molar-refractivity contribution in [3.63, 3.8) is 0 Å². The summed E-state index contributed by atoms with van der Waals surface area (Å²) in [4.78, 5) is 2.47. The normalized spacial score (nSPS) is 29.8. The van der Waals surface area contributed by atoms with E-state index in [-0.39, 0.29) is 0 Å². The molecule has 1 aromatic rings. The highest BCUT2D eigenvalue weighted by Crippen LogP contribution is 2.43. The third-order valence-corrected chi connectivity index (χ3v) is 5.64. The first-order valence-electron chi connectivity index (χ1n) is 7.36. The van der Waals surface area contributed by atoms with Crippen LogP contribution >= 0.6 is 15.9 Å². The summed E-state index contributed by atoms with van der Waals surface area (Å²) in [5.41, 5.74) is 1.91. The Hall–Kier alpha value is -0.380. The number of piperidine rings is 1. The van der Waals surface area contributed by atoms with Crippen LogP contribution in [0.1, 0.15) is 24.8 Å². The third kappa shape index (κ3) is 2.61. The number of hydrogen-bond acceptors (Lipinski definition) is 2. The fourth-order valence-electron chi connectivity index (χ4n) is 3.88. The maximum atomic E-state index is 3.61. The molecule has 0 radical (unpaired) electrons. The first-order chi connectivity index (χ1) is 9.21. The smallest absolute Gasteiger partial charge is 0.0175 e. The summed E-state index contributed by atoms with van der Waals surface area (Å²) in [5.74, 6) is 0.833. The fourth-order valence-corrected chi connectivity index (χ4v) is 4.15. The molecule has 1 unspecified atom stereocenters. The zero-order chi connectivity index (χ0) is 13.3. The largest absolute Gasteiger partial charge is 0.316 e. The van der Waals surface area contributed by atoms with Gasteiger partial charge in [-0.2, -0.15) is 0 Å². The molecule has 3 rings (SSSR count). The number of hydrogen-bond donors (Lipinski definition) is 1. The van der Waals surface area contributed by atoms with Gasteiger partial charge in [0.15, 0.2) is 0 Å². The van der Waals surface area contributed by atoms with Crippen molar-refractivity contribution in [2.24, 2.45) is 5.92 Å². The first kappa shape index (κ1) is 13.6. The molecule has 1 atom stereocenters. The Bertz CT molecular complexity index is 415. The lowest BCUT2D eigenvalue weighted by Gasteiger charge is -2.42. The van der Waals surface area contributed by atoms with Crippen LogP contribution in [0.4, 0.5) is 0 Å². The summed E-state index contributed by atoms with van der Waals surface area (Å²) in [7, 11) is 2.25. The van der Waals surface area contributed by atoms with Gasteiger partial charge in [0.25, 0.3) is 0 Å². The van der Waals surface area contributed by atoms with E-state index >= 15 is 0 Å². The van der Waals surface area contributed by atoms with Gasteiger partial charge in [-0.25, -0.2) is 0 Å². The van der Waals surface area contributed by atoms with E-state index in [1.807, 2.05) is 0 Å². The van der Waals surface area contributed by atoms with Gasteiger partial charge in [-0.3, -0.25) is 0 Å². The summed E-state index contributed by atoms with van der Waals surface area (Å²) in [5, 5.41) is 3.61. The topological polar surface area (TPSA) is 15.3 Å². The van der Waals surface area contributed by atoms with Gasteiger partial charge in [-0.05, 0) is 69.6 Å². The zero-order valence-corrected chi connectivity index (χ0v) is 13.2. The van der Waals surface area contributed by atoms with Crippen LogP contribution in [0.3, 0.4) is 0 Å². The lowest BCUT2D eigenvalue weighted by atomic mass is 9.66. The maximum absolute atomic E-state index is 3.61. The highest BCUT2D eigenvalue weighted by molar-refractivity contribution is 9.10. The fraction of sp³-hybridized carbons (Fsp3) is 0.625. The Morgan fingerprint density at radius 1 is 1.21 bits per heavy atom. The number of nitrogens with zero attached hydrogens (tertiary/aromatic N) is 1. The quantitative estimate of drug-likeness (QED) is 0.900. The molecule has 0 amide bonds. The molecule has 1 N–H and O–H groups in total. The molecule has 0 aliphatic carbocycles. The van der Waals surface area contributed by atoms with Crippen LogP contribution in [0, 0.1) is 5.92 Å². The minimum Gasteiger partial charge on any atom is -0.316 e. The molecule has 0 aromatic heterocycles. The molecule has 2 aliphatic heterocycles. The minimum atomic E-state index is 0.377. The highest BCUT2D eigenvalue weighted by Gasteiger charge is 2.43. The Kier molecular flexibility index (Phi) is 3.97. The highest BCUT2D eigenvalue weighted by atomic mass is 79.9. The van der Waals surface area contributed by atoms with Crippen molar-refractivity contribution in [2.75, 3.05) is 33.2 Å². The van der Waals surface area contributed by atoms with Crippen molar-refractivity contribution in [3.05, 3.63) is 34.3 Å². The molecule has 0 saturated carbocycles.